The zero-order chi connectivity index (χ0) is 18.6. The van der Waals surface area contributed by atoms with Crippen LogP contribution in [0.5, 0.6) is 0 Å². The second-order valence-electron chi connectivity index (χ2n) is 3.53. The van der Waals surface area contributed by atoms with Crippen LogP contribution in [0.25, 0.3) is 0 Å². The SMILES string of the molecule is C=C(C)C(=O)[O-].C=C(C)C(=O)[O-].COCC[O-].COCC[O-].[Ti+4]. The minimum atomic E-state index is -1.19. The Labute approximate surface area is 152 Å². The van der Waals surface area contributed by atoms with Crippen molar-refractivity contribution in [2.45, 2.75) is 13.8 Å². The summed E-state index contributed by atoms with van der Waals surface area (Å²) in [5.41, 5.74) is 0.130. The monoisotopic (exact) mass is 368 g/mol. The first-order chi connectivity index (χ1) is 10.1. The van der Waals surface area contributed by atoms with Gasteiger partial charge in [0, 0.05) is 27.4 Å². The van der Waals surface area contributed by atoms with Gasteiger partial charge in [-0.15, -0.1) is 13.2 Å². The van der Waals surface area contributed by atoms with Gasteiger partial charge in [-0.05, 0) is 25.0 Å². The van der Waals surface area contributed by atoms with Crippen molar-refractivity contribution in [3.63, 3.8) is 0 Å². The third kappa shape index (κ3) is 62.7. The van der Waals surface area contributed by atoms with Gasteiger partial charge < -0.3 is 39.5 Å². The second kappa shape index (κ2) is 29.0. The number of aliphatic carboxylic acids is 2. The Morgan fingerprint density at radius 2 is 1.00 bits per heavy atom. The normalized spacial score (nSPS) is 7.57. The molecule has 9 heteroatoms. The average Bonchev–Trinajstić information content (AvgIpc) is 2.42. The molecule has 0 aliphatic heterocycles. The van der Waals surface area contributed by atoms with E-state index in [1.54, 1.807) is 0 Å². The summed E-state index contributed by atoms with van der Waals surface area (Å²) in [5, 5.41) is 37.8. The van der Waals surface area contributed by atoms with Gasteiger partial charge in [0.1, 0.15) is 0 Å². The molecule has 0 fully saturated rings. The summed E-state index contributed by atoms with van der Waals surface area (Å²) in [7, 11) is 3.02. The van der Waals surface area contributed by atoms with E-state index in [9.17, 15) is 30.0 Å². The van der Waals surface area contributed by atoms with Gasteiger partial charge in [-0.3, -0.25) is 0 Å². The number of carbonyl (C=O) groups excluding carboxylic acids is 2. The molecule has 0 N–H and O–H groups in total. The van der Waals surface area contributed by atoms with E-state index in [4.69, 9.17) is 0 Å². The molecular weight excluding hydrogens is 344 g/mol. The molecule has 0 unspecified atom stereocenters. The van der Waals surface area contributed by atoms with Crippen molar-refractivity contribution >= 4 is 11.9 Å². The zero-order valence-electron chi connectivity index (χ0n) is 14.0. The van der Waals surface area contributed by atoms with E-state index < -0.39 is 11.9 Å². The van der Waals surface area contributed by atoms with E-state index >= 15 is 0 Å². The van der Waals surface area contributed by atoms with Gasteiger partial charge in [-0.2, -0.15) is 0 Å². The number of ether oxygens (including phenoxy) is 2. The van der Waals surface area contributed by atoms with Crippen LogP contribution in [0.3, 0.4) is 0 Å². The number of carbonyl (C=O) groups is 2. The summed E-state index contributed by atoms with van der Waals surface area (Å²) in [5.74, 6) is -2.37. The Morgan fingerprint density at radius 3 is 1.00 bits per heavy atom. The van der Waals surface area contributed by atoms with Crippen LogP contribution >= 0.6 is 0 Å². The summed E-state index contributed by atoms with van der Waals surface area (Å²) in [6.45, 7) is 9.36. The van der Waals surface area contributed by atoms with Gasteiger partial charge >= 0.3 is 21.7 Å². The average molecular weight is 368 g/mol. The predicted molar refractivity (Wildman–Crippen MR) is 73.1 cm³/mol. The predicted octanol–water partition coefficient (Wildman–Crippen LogP) is -3.39. The Bertz CT molecular complexity index is 247. The standard InChI is InChI=1S/2C4H6O2.2C3H7O2.Ti/c2*1-3(2)4(5)6;2*1-5-3-2-4;/h2*1H2,2H3,(H,5,6);2*2-3H2,1H3;/q;;2*-1;+4/p-2. The van der Waals surface area contributed by atoms with Crippen molar-refractivity contribution in [1.82, 2.24) is 0 Å². The fraction of sp³-hybridized carbons (Fsp3) is 0.571. The van der Waals surface area contributed by atoms with Gasteiger partial charge in [0.25, 0.3) is 0 Å². The Kier molecular flexibility index (Phi) is 42.4. The molecule has 0 aromatic rings. The van der Waals surface area contributed by atoms with Crippen LogP contribution in [-0.4, -0.2) is 52.6 Å². The largest absolute Gasteiger partial charge is 4.00 e. The van der Waals surface area contributed by atoms with Gasteiger partial charge in [0.05, 0.1) is 11.9 Å². The molecule has 0 aliphatic rings. The topological polar surface area (TPSA) is 145 Å². The molecule has 132 valence electrons. The van der Waals surface area contributed by atoms with E-state index in [1.807, 2.05) is 0 Å². The number of rotatable bonds is 6. The molecule has 0 spiro atoms. The third-order valence-electron chi connectivity index (χ3n) is 1.27. The fourth-order valence-corrected chi connectivity index (χ4v) is 0.167. The van der Waals surface area contributed by atoms with Crippen LogP contribution in [0.2, 0.25) is 0 Å². The first-order valence-corrected chi connectivity index (χ1v) is 5.99. The first-order valence-electron chi connectivity index (χ1n) is 5.99. The van der Waals surface area contributed by atoms with E-state index in [2.05, 4.69) is 22.6 Å². The van der Waals surface area contributed by atoms with Crippen LogP contribution in [0.4, 0.5) is 0 Å². The van der Waals surface area contributed by atoms with Crippen molar-refractivity contribution in [2.75, 3.05) is 40.6 Å². The molecule has 0 aromatic heterocycles. The summed E-state index contributed by atoms with van der Waals surface area (Å²) < 4.78 is 8.76. The van der Waals surface area contributed by atoms with Crippen LogP contribution < -0.4 is 20.4 Å². The number of carboxylic acid groups (broad SMARTS) is 2. The maximum absolute atomic E-state index is 9.49. The third-order valence-corrected chi connectivity index (χ3v) is 1.27. The molecule has 0 heterocycles. The number of carboxylic acids is 2. The molecule has 0 radical (unpaired) electrons. The van der Waals surface area contributed by atoms with E-state index in [1.165, 1.54) is 28.1 Å². The van der Waals surface area contributed by atoms with Gasteiger partial charge in [-0.25, -0.2) is 0 Å². The molecule has 23 heavy (non-hydrogen) atoms. The van der Waals surface area contributed by atoms with E-state index in [-0.39, 0.29) is 46.1 Å². The maximum Gasteiger partial charge on any atom is 4.00 e. The molecule has 0 aromatic carbocycles. The molecule has 0 saturated carbocycles. The molecule has 0 rings (SSSR count). The van der Waals surface area contributed by atoms with Crippen molar-refractivity contribution in [3.05, 3.63) is 24.3 Å². The van der Waals surface area contributed by atoms with Crippen molar-refractivity contribution in [1.29, 1.82) is 0 Å². The Morgan fingerprint density at radius 1 is 0.826 bits per heavy atom. The number of methoxy groups -OCH3 is 2. The second-order valence-corrected chi connectivity index (χ2v) is 3.53. The van der Waals surface area contributed by atoms with Crippen LogP contribution in [-0.2, 0) is 40.8 Å². The van der Waals surface area contributed by atoms with Crippen molar-refractivity contribution in [2.24, 2.45) is 0 Å². The summed E-state index contributed by atoms with van der Waals surface area (Å²) in [6, 6.07) is 0. The van der Waals surface area contributed by atoms with Gasteiger partial charge in [-0.1, -0.05) is 13.2 Å². The quantitative estimate of drug-likeness (QED) is 0.349. The van der Waals surface area contributed by atoms with Crippen molar-refractivity contribution < 1.29 is 61.2 Å². The molecule has 0 saturated heterocycles. The molecule has 0 aliphatic carbocycles. The zero-order valence-corrected chi connectivity index (χ0v) is 15.6. The minimum absolute atomic E-state index is 0. The molecule has 8 nitrogen and oxygen atoms in total. The number of hydrogen-bond acceptors (Lipinski definition) is 8. The maximum atomic E-state index is 9.49. The summed E-state index contributed by atoms with van der Waals surface area (Å²) in [6.07, 6.45) is 0. The Balaban J connectivity index is -0.0000000620. The summed E-state index contributed by atoms with van der Waals surface area (Å²) >= 11 is 0. The van der Waals surface area contributed by atoms with E-state index in [0.29, 0.717) is 13.2 Å². The van der Waals surface area contributed by atoms with Gasteiger partial charge in [0.15, 0.2) is 0 Å². The Hall–Kier alpha value is -1.03. The fourth-order valence-electron chi connectivity index (χ4n) is 0.167. The number of hydrogen-bond donors (Lipinski definition) is 0. The smallest absolute Gasteiger partial charge is 0.853 e. The van der Waals surface area contributed by atoms with E-state index in [0.717, 1.165) is 0 Å². The molecular formula is C14H24O8Ti. The van der Waals surface area contributed by atoms with Crippen LogP contribution in [0, 0.1) is 0 Å². The molecule has 0 atom stereocenters. The first kappa shape index (κ1) is 33.6. The van der Waals surface area contributed by atoms with Crippen LogP contribution in [0.1, 0.15) is 13.8 Å². The van der Waals surface area contributed by atoms with Crippen molar-refractivity contribution in [3.8, 4) is 0 Å². The van der Waals surface area contributed by atoms with Gasteiger partial charge in [0.2, 0.25) is 0 Å². The minimum Gasteiger partial charge on any atom is -0.853 e. The molecule has 0 bridgehead atoms. The summed E-state index contributed by atoms with van der Waals surface area (Å²) in [4.78, 5) is 19.0. The molecule has 0 amide bonds. The van der Waals surface area contributed by atoms with Crippen LogP contribution in [0.15, 0.2) is 24.3 Å².